The third-order valence-electron chi connectivity index (χ3n) is 4.52. The van der Waals surface area contributed by atoms with Crippen molar-refractivity contribution >= 4 is 15.7 Å². The first-order valence-electron chi connectivity index (χ1n) is 8.46. The van der Waals surface area contributed by atoms with Gasteiger partial charge in [0.05, 0.1) is 11.4 Å². The van der Waals surface area contributed by atoms with Crippen LogP contribution in [-0.4, -0.2) is 31.9 Å². The highest BCUT2D eigenvalue weighted by molar-refractivity contribution is 7.88. The zero-order chi connectivity index (χ0) is 18.6. The molecule has 0 aromatic heterocycles. The lowest BCUT2D eigenvalue weighted by atomic mass is 10.1. The van der Waals surface area contributed by atoms with Crippen LogP contribution in [-0.2, 0) is 15.8 Å². The minimum Gasteiger partial charge on any atom is -0.381 e. The highest BCUT2D eigenvalue weighted by Crippen LogP contribution is 2.23. The number of rotatable bonds is 5. The van der Waals surface area contributed by atoms with E-state index in [-0.39, 0.29) is 17.4 Å². The van der Waals surface area contributed by atoms with Crippen LogP contribution in [0.3, 0.4) is 0 Å². The molecule has 1 N–H and O–H groups in total. The number of benzene rings is 2. The van der Waals surface area contributed by atoms with Crippen molar-refractivity contribution in [1.82, 2.24) is 4.31 Å². The molecule has 0 spiro atoms. The van der Waals surface area contributed by atoms with Gasteiger partial charge < -0.3 is 5.32 Å². The first kappa shape index (κ1) is 18.4. The maximum atomic E-state index is 13.7. The summed E-state index contributed by atoms with van der Waals surface area (Å²) in [6.07, 6.45) is 1.21. The van der Waals surface area contributed by atoms with Crippen LogP contribution in [0.5, 0.6) is 0 Å². The van der Waals surface area contributed by atoms with Gasteiger partial charge in [-0.3, -0.25) is 0 Å². The van der Waals surface area contributed by atoms with E-state index in [0.717, 1.165) is 5.56 Å². The number of nitrogens with one attached hydrogen (secondary N) is 1. The van der Waals surface area contributed by atoms with Gasteiger partial charge in [-0.05, 0) is 30.5 Å². The monoisotopic (exact) mass is 373 g/mol. The molecule has 5 nitrogen and oxygen atoms in total. The van der Waals surface area contributed by atoms with E-state index in [9.17, 15) is 12.8 Å². The Labute approximate surface area is 153 Å². The van der Waals surface area contributed by atoms with E-state index in [1.165, 1.54) is 10.4 Å². The Morgan fingerprint density at radius 2 is 1.81 bits per heavy atom. The SMILES string of the molecule is N#Cc1c(F)cccc1NC1CCN(S(=O)(=O)Cc2ccccc2)CC1. The topological polar surface area (TPSA) is 73.2 Å². The number of sulfonamides is 1. The Bertz CT molecular complexity index is 902. The van der Waals surface area contributed by atoms with Gasteiger partial charge in [0.1, 0.15) is 17.4 Å². The van der Waals surface area contributed by atoms with Gasteiger partial charge in [0.2, 0.25) is 10.0 Å². The molecular formula is C19H20FN3O2S. The van der Waals surface area contributed by atoms with Crippen LogP contribution >= 0.6 is 0 Å². The lowest BCUT2D eigenvalue weighted by Gasteiger charge is -2.32. The number of hydrogen-bond acceptors (Lipinski definition) is 4. The molecule has 2 aromatic rings. The average Bonchev–Trinajstić information content (AvgIpc) is 2.63. The molecule has 0 aliphatic carbocycles. The van der Waals surface area contributed by atoms with Crippen LogP contribution in [0.25, 0.3) is 0 Å². The van der Waals surface area contributed by atoms with Crippen molar-refractivity contribution in [3.63, 3.8) is 0 Å². The molecule has 0 atom stereocenters. The highest BCUT2D eigenvalue weighted by Gasteiger charge is 2.28. The minimum absolute atomic E-state index is 0.00554. The van der Waals surface area contributed by atoms with Crippen LogP contribution in [0.1, 0.15) is 24.0 Å². The maximum absolute atomic E-state index is 13.7. The fraction of sp³-hybridized carbons (Fsp3) is 0.316. The van der Waals surface area contributed by atoms with Gasteiger partial charge in [0.15, 0.2) is 0 Å². The summed E-state index contributed by atoms with van der Waals surface area (Å²) >= 11 is 0. The first-order valence-corrected chi connectivity index (χ1v) is 10.1. The fourth-order valence-electron chi connectivity index (χ4n) is 3.13. The van der Waals surface area contributed by atoms with E-state index in [1.807, 2.05) is 24.3 Å². The molecule has 26 heavy (non-hydrogen) atoms. The Morgan fingerprint density at radius 1 is 1.12 bits per heavy atom. The van der Waals surface area contributed by atoms with Crippen molar-refractivity contribution in [2.75, 3.05) is 18.4 Å². The summed E-state index contributed by atoms with van der Waals surface area (Å²) in [7, 11) is -3.36. The predicted molar refractivity (Wildman–Crippen MR) is 98.4 cm³/mol. The van der Waals surface area contributed by atoms with E-state index < -0.39 is 15.8 Å². The number of hydrogen-bond donors (Lipinski definition) is 1. The first-order chi connectivity index (χ1) is 12.5. The summed E-state index contributed by atoms with van der Waals surface area (Å²) in [5.74, 6) is -0.561. The lowest BCUT2D eigenvalue weighted by molar-refractivity contribution is 0.329. The molecule has 3 rings (SSSR count). The van der Waals surface area contributed by atoms with Crippen molar-refractivity contribution in [2.45, 2.75) is 24.6 Å². The predicted octanol–water partition coefficient (Wildman–Crippen LogP) is 3.10. The molecule has 1 saturated heterocycles. The number of anilines is 1. The van der Waals surface area contributed by atoms with Gasteiger partial charge in [-0.25, -0.2) is 17.1 Å². The van der Waals surface area contributed by atoms with E-state index >= 15 is 0 Å². The molecule has 0 bridgehead atoms. The highest BCUT2D eigenvalue weighted by atomic mass is 32.2. The molecule has 1 fully saturated rings. The van der Waals surface area contributed by atoms with Gasteiger partial charge >= 0.3 is 0 Å². The normalized spacial score (nSPS) is 16.2. The summed E-state index contributed by atoms with van der Waals surface area (Å²) in [4.78, 5) is 0. The Kier molecular flexibility index (Phi) is 5.55. The Hall–Kier alpha value is -2.43. The fourth-order valence-corrected chi connectivity index (χ4v) is 4.70. The van der Waals surface area contributed by atoms with Crippen molar-refractivity contribution in [3.8, 4) is 6.07 Å². The molecule has 7 heteroatoms. The number of halogens is 1. The Morgan fingerprint density at radius 3 is 2.46 bits per heavy atom. The van der Waals surface area contributed by atoms with E-state index in [4.69, 9.17) is 5.26 Å². The third-order valence-corrected chi connectivity index (χ3v) is 6.37. The zero-order valence-electron chi connectivity index (χ0n) is 14.2. The summed E-state index contributed by atoms with van der Waals surface area (Å²) in [6.45, 7) is 0.814. The van der Waals surface area contributed by atoms with Gasteiger partial charge in [-0.15, -0.1) is 0 Å². The molecule has 1 heterocycles. The van der Waals surface area contributed by atoms with Crippen LogP contribution < -0.4 is 5.32 Å². The maximum Gasteiger partial charge on any atom is 0.218 e. The largest absolute Gasteiger partial charge is 0.381 e. The van der Waals surface area contributed by atoms with Crippen LogP contribution in [0.4, 0.5) is 10.1 Å². The summed E-state index contributed by atoms with van der Waals surface area (Å²) in [5, 5.41) is 12.3. The smallest absolute Gasteiger partial charge is 0.218 e. The number of piperidine rings is 1. The second-order valence-electron chi connectivity index (χ2n) is 6.33. The quantitative estimate of drug-likeness (QED) is 0.874. The van der Waals surface area contributed by atoms with Gasteiger partial charge in [-0.2, -0.15) is 5.26 Å². The average molecular weight is 373 g/mol. The van der Waals surface area contributed by atoms with E-state index in [2.05, 4.69) is 5.32 Å². The van der Waals surface area contributed by atoms with Gasteiger partial charge in [0, 0.05) is 19.1 Å². The molecule has 0 saturated carbocycles. The molecule has 136 valence electrons. The summed E-state index contributed by atoms with van der Waals surface area (Å²) in [6, 6.07) is 15.5. The number of nitriles is 1. The number of nitrogens with zero attached hydrogens (tertiary/aromatic N) is 2. The molecule has 0 radical (unpaired) electrons. The molecule has 0 amide bonds. The molecule has 1 aliphatic rings. The molecular weight excluding hydrogens is 353 g/mol. The van der Waals surface area contributed by atoms with Crippen molar-refractivity contribution < 1.29 is 12.8 Å². The standard InChI is InChI=1S/C19H20FN3O2S/c20-18-7-4-8-19(17(18)13-21)22-16-9-11-23(12-10-16)26(24,25)14-15-5-2-1-3-6-15/h1-8,16,22H,9-12,14H2. The summed E-state index contributed by atoms with van der Waals surface area (Å²) in [5.41, 5.74) is 1.22. The minimum atomic E-state index is -3.36. The second kappa shape index (κ2) is 7.85. The Balaban J connectivity index is 1.61. The van der Waals surface area contributed by atoms with E-state index in [0.29, 0.717) is 31.6 Å². The van der Waals surface area contributed by atoms with Gasteiger partial charge in [0.25, 0.3) is 0 Å². The van der Waals surface area contributed by atoms with Gasteiger partial charge in [-0.1, -0.05) is 36.4 Å². The van der Waals surface area contributed by atoms with Crippen molar-refractivity contribution in [1.29, 1.82) is 5.26 Å². The van der Waals surface area contributed by atoms with Crippen molar-refractivity contribution in [2.24, 2.45) is 0 Å². The van der Waals surface area contributed by atoms with E-state index in [1.54, 1.807) is 24.3 Å². The lowest BCUT2D eigenvalue weighted by Crippen LogP contribution is -2.42. The zero-order valence-corrected chi connectivity index (χ0v) is 15.0. The van der Waals surface area contributed by atoms with Crippen LogP contribution in [0, 0.1) is 17.1 Å². The van der Waals surface area contributed by atoms with Crippen LogP contribution in [0.2, 0.25) is 0 Å². The second-order valence-corrected chi connectivity index (χ2v) is 8.30. The molecule has 0 unspecified atom stereocenters. The molecule has 1 aliphatic heterocycles. The summed E-state index contributed by atoms with van der Waals surface area (Å²) < 4.78 is 40.3. The third kappa shape index (κ3) is 4.21. The van der Waals surface area contributed by atoms with Crippen LogP contribution in [0.15, 0.2) is 48.5 Å². The van der Waals surface area contributed by atoms with Crippen molar-refractivity contribution in [3.05, 3.63) is 65.5 Å². The molecule has 2 aromatic carbocycles.